The van der Waals surface area contributed by atoms with Crippen molar-refractivity contribution in [2.75, 3.05) is 19.3 Å². The Bertz CT molecular complexity index is 201. The van der Waals surface area contributed by atoms with Gasteiger partial charge in [0, 0.05) is 6.54 Å². The molecule has 0 aliphatic heterocycles. The molecule has 0 spiro atoms. The highest BCUT2D eigenvalue weighted by molar-refractivity contribution is 7.51. The van der Waals surface area contributed by atoms with Gasteiger partial charge in [0.05, 0.1) is 6.16 Å². The minimum absolute atomic E-state index is 0.181. The molecule has 8 heteroatoms. The third-order valence-electron chi connectivity index (χ3n) is 1.58. The summed E-state index contributed by atoms with van der Waals surface area (Å²) in [5, 5.41) is 2.82. The monoisotopic (exact) mass is 243 g/mol. The first-order chi connectivity index (χ1) is 6.21. The normalized spacial score (nSPS) is 13.2. The van der Waals surface area contributed by atoms with Crippen LogP contribution in [0.5, 0.6) is 0 Å². The van der Waals surface area contributed by atoms with E-state index in [1.54, 1.807) is 0 Å². The summed E-state index contributed by atoms with van der Waals surface area (Å²) in [6.07, 6.45) is 0.427. The Balaban J connectivity index is 3.28. The molecule has 0 aromatic carbocycles. The van der Waals surface area contributed by atoms with E-state index in [4.69, 9.17) is 19.4 Å². The Morgan fingerprint density at radius 3 is 2.29 bits per heavy atom. The van der Waals surface area contributed by atoms with Crippen molar-refractivity contribution in [3.05, 3.63) is 0 Å². The molecule has 0 saturated heterocycles. The van der Waals surface area contributed by atoms with Crippen LogP contribution in [0.3, 0.4) is 0 Å². The van der Waals surface area contributed by atoms with Gasteiger partial charge >= 0.3 is 16.2 Å². The van der Waals surface area contributed by atoms with Gasteiger partial charge in [0.2, 0.25) is 0 Å². The lowest BCUT2D eigenvalue weighted by Gasteiger charge is -2.11. The average molecular weight is 243 g/mol. The molecule has 5 N–H and O–H groups in total. The van der Waals surface area contributed by atoms with E-state index in [0.717, 1.165) is 0 Å². The van der Waals surface area contributed by atoms with Gasteiger partial charge in [-0.25, -0.2) is 0 Å². The van der Waals surface area contributed by atoms with Gasteiger partial charge in [-0.05, 0) is 25.6 Å². The van der Waals surface area contributed by atoms with Gasteiger partial charge in [-0.15, -0.1) is 0 Å². The topological polar surface area (TPSA) is 110 Å². The smallest absolute Gasteiger partial charge is 0.329 e. The van der Waals surface area contributed by atoms with Crippen LogP contribution in [0.4, 0.5) is 0 Å². The average Bonchev–Trinajstić information content (AvgIpc) is 1.92. The van der Waals surface area contributed by atoms with Crippen molar-refractivity contribution in [2.24, 2.45) is 0 Å². The molecule has 0 aliphatic carbocycles. The summed E-state index contributed by atoms with van der Waals surface area (Å²) in [4.78, 5) is 35.1. The second-order valence-corrected chi connectivity index (χ2v) is 8.17. The third kappa shape index (κ3) is 12.2. The van der Waals surface area contributed by atoms with Crippen LogP contribution in [0.1, 0.15) is 6.42 Å². The van der Waals surface area contributed by atoms with Crippen molar-refractivity contribution < 1.29 is 23.9 Å². The summed E-state index contributed by atoms with van der Waals surface area (Å²) in [5.41, 5.74) is 0. The van der Waals surface area contributed by atoms with Crippen molar-refractivity contribution in [3.8, 4) is 0 Å². The fraction of sp³-hybridized carbons (Fsp3) is 1.00. The van der Waals surface area contributed by atoms with E-state index in [2.05, 4.69) is 5.32 Å². The van der Waals surface area contributed by atoms with Crippen molar-refractivity contribution in [2.45, 2.75) is 19.0 Å². The molecule has 0 unspecified atom stereocenters. The molecule has 0 amide bonds. The SMILES string of the molecule is C[Si](O)(O)CCCNCCP(=O)(O)O. The highest BCUT2D eigenvalue weighted by Crippen LogP contribution is 2.32. The molecule has 0 aromatic heterocycles. The zero-order chi connectivity index (χ0) is 11.2. The maximum atomic E-state index is 10.4. The highest BCUT2D eigenvalue weighted by Gasteiger charge is 2.19. The zero-order valence-corrected chi connectivity index (χ0v) is 10.1. The first-order valence-corrected chi connectivity index (χ1v) is 8.81. The predicted octanol–water partition coefficient (Wildman–Crippen LogP) is -0.800. The fourth-order valence-electron chi connectivity index (χ4n) is 0.898. The Morgan fingerprint density at radius 1 is 1.29 bits per heavy atom. The minimum atomic E-state index is -3.90. The van der Waals surface area contributed by atoms with Crippen LogP contribution in [-0.2, 0) is 4.57 Å². The number of hydrogen-bond acceptors (Lipinski definition) is 4. The van der Waals surface area contributed by atoms with Gasteiger partial charge in [0.1, 0.15) is 0 Å². The summed E-state index contributed by atoms with van der Waals surface area (Å²) >= 11 is 0. The lowest BCUT2D eigenvalue weighted by molar-refractivity contribution is 0.364. The first kappa shape index (κ1) is 14.2. The number of rotatable bonds is 7. The quantitative estimate of drug-likeness (QED) is 0.227. The number of nitrogens with one attached hydrogen (secondary N) is 1. The van der Waals surface area contributed by atoms with Crippen LogP contribution < -0.4 is 5.32 Å². The zero-order valence-electron chi connectivity index (χ0n) is 8.18. The molecule has 0 saturated carbocycles. The molecule has 0 atom stereocenters. The van der Waals surface area contributed by atoms with Crippen LogP contribution >= 0.6 is 7.60 Å². The second-order valence-electron chi connectivity index (χ2n) is 3.46. The van der Waals surface area contributed by atoms with Crippen molar-refractivity contribution >= 4 is 16.2 Å². The van der Waals surface area contributed by atoms with Crippen molar-refractivity contribution in [1.82, 2.24) is 5.32 Å². The molecule has 0 aliphatic rings. The summed E-state index contributed by atoms with van der Waals surface area (Å²) < 4.78 is 10.4. The summed E-state index contributed by atoms with van der Waals surface area (Å²) in [6.45, 7) is 2.23. The summed E-state index contributed by atoms with van der Waals surface area (Å²) in [6, 6.07) is 0.371. The maximum Gasteiger partial charge on any atom is 0.329 e. The first-order valence-electron chi connectivity index (χ1n) is 4.41. The summed E-state index contributed by atoms with van der Waals surface area (Å²) in [5.74, 6) is 0. The third-order valence-corrected chi connectivity index (χ3v) is 3.69. The summed E-state index contributed by atoms with van der Waals surface area (Å²) in [7, 11) is -6.85. The molecule has 14 heavy (non-hydrogen) atoms. The lowest BCUT2D eigenvalue weighted by atomic mass is 10.5. The molecule has 86 valence electrons. The van der Waals surface area contributed by atoms with Gasteiger partial charge in [-0.3, -0.25) is 4.57 Å². The van der Waals surface area contributed by atoms with E-state index in [9.17, 15) is 4.57 Å². The predicted molar refractivity (Wildman–Crippen MR) is 55.3 cm³/mol. The Labute approximate surface area is 84.4 Å². The van der Waals surface area contributed by atoms with E-state index in [-0.39, 0.29) is 12.7 Å². The van der Waals surface area contributed by atoms with Gasteiger partial charge in [0.15, 0.2) is 0 Å². The van der Waals surface area contributed by atoms with Crippen LogP contribution in [0.15, 0.2) is 0 Å². The Morgan fingerprint density at radius 2 is 1.86 bits per heavy atom. The minimum Gasteiger partial charge on any atom is -0.411 e. The maximum absolute atomic E-state index is 10.4. The van der Waals surface area contributed by atoms with E-state index in [1.807, 2.05) is 0 Å². The molecular formula is C6H18NO5PSi. The molecule has 0 radical (unpaired) electrons. The number of hydrogen-bond donors (Lipinski definition) is 5. The lowest BCUT2D eigenvalue weighted by Crippen LogP contribution is -2.31. The molecule has 6 nitrogen and oxygen atoms in total. The van der Waals surface area contributed by atoms with E-state index in [0.29, 0.717) is 19.0 Å². The largest absolute Gasteiger partial charge is 0.411 e. The van der Waals surface area contributed by atoms with Gasteiger partial charge in [-0.2, -0.15) is 0 Å². The van der Waals surface area contributed by atoms with Crippen LogP contribution in [0.2, 0.25) is 12.6 Å². The molecule has 0 fully saturated rings. The van der Waals surface area contributed by atoms with E-state index in [1.165, 1.54) is 6.55 Å². The molecule has 0 aromatic rings. The second kappa shape index (κ2) is 5.97. The van der Waals surface area contributed by atoms with Crippen molar-refractivity contribution in [1.29, 1.82) is 0 Å². The van der Waals surface area contributed by atoms with Crippen molar-refractivity contribution in [3.63, 3.8) is 0 Å². The molecule has 0 rings (SSSR count). The van der Waals surface area contributed by atoms with Gasteiger partial charge in [0.25, 0.3) is 0 Å². The van der Waals surface area contributed by atoms with Gasteiger partial charge < -0.3 is 24.7 Å². The van der Waals surface area contributed by atoms with E-state index >= 15 is 0 Å². The fourth-order valence-corrected chi connectivity index (χ4v) is 2.19. The Kier molecular flexibility index (Phi) is 6.07. The standard InChI is InChI=1S/C6H18NO5PSi/c1-14(11,12)6-2-3-7-4-5-13(8,9)10/h7,11-12H,2-6H2,1H3,(H2,8,9,10). The highest BCUT2D eigenvalue weighted by atomic mass is 31.2. The molecular weight excluding hydrogens is 225 g/mol. The van der Waals surface area contributed by atoms with E-state index < -0.39 is 16.2 Å². The molecule has 0 bridgehead atoms. The Hall–Kier alpha value is 0.247. The van der Waals surface area contributed by atoms with Crippen LogP contribution in [0, 0.1) is 0 Å². The van der Waals surface area contributed by atoms with Crippen LogP contribution in [-0.4, -0.2) is 47.2 Å². The molecule has 0 heterocycles. The van der Waals surface area contributed by atoms with Gasteiger partial charge in [-0.1, -0.05) is 0 Å². The van der Waals surface area contributed by atoms with Crippen LogP contribution in [0.25, 0.3) is 0 Å².